The van der Waals surface area contributed by atoms with Crippen LogP contribution in [-0.4, -0.2) is 119 Å². The monoisotopic (exact) mass is 719 g/mol. The Balaban J connectivity index is 2.14. The molecule has 0 saturated carbocycles. The van der Waals surface area contributed by atoms with Crippen LogP contribution in [0, 0.1) is 23.7 Å². The molecule has 0 radical (unpaired) electrons. The number of amides is 1. The number of ketones is 1. The molecule has 4 unspecified atom stereocenters. The smallest absolute Gasteiger partial charge is 0.316 e. The van der Waals surface area contributed by atoms with Crippen LogP contribution in [0.4, 0.5) is 0 Å². The summed E-state index contributed by atoms with van der Waals surface area (Å²) in [5.74, 6) is -5.35. The maximum atomic E-state index is 14.1. The van der Waals surface area contributed by atoms with Gasteiger partial charge in [-0.15, -0.1) is 0 Å². The van der Waals surface area contributed by atoms with Crippen molar-refractivity contribution in [2.45, 2.75) is 135 Å². The number of likely N-dealkylation sites (N-methyl/N-ethyl adjacent to an activating group) is 1. The average molecular weight is 720 g/mol. The van der Waals surface area contributed by atoms with E-state index in [0.717, 1.165) is 5.56 Å². The first-order valence-electron chi connectivity index (χ1n) is 18.0. The van der Waals surface area contributed by atoms with Gasteiger partial charge >= 0.3 is 5.97 Å². The molecule has 1 amide bonds. The summed E-state index contributed by atoms with van der Waals surface area (Å²) in [6.45, 7) is 13.4. The van der Waals surface area contributed by atoms with Gasteiger partial charge < -0.3 is 39.2 Å². The number of methoxy groups -OCH3 is 1. The van der Waals surface area contributed by atoms with Crippen molar-refractivity contribution in [3.63, 3.8) is 0 Å². The lowest BCUT2D eigenvalue weighted by Crippen LogP contribution is -2.60. The number of aliphatic hydroxyl groups excluding tert-OH is 2. The lowest BCUT2D eigenvalue weighted by atomic mass is 9.74. The fraction of sp³-hybridized carbons (Fsp3) is 0.737. The Morgan fingerprint density at radius 1 is 1.06 bits per heavy atom. The summed E-state index contributed by atoms with van der Waals surface area (Å²) in [6, 6.07) is 8.89. The molecule has 0 aromatic heterocycles. The van der Waals surface area contributed by atoms with Crippen LogP contribution in [0.2, 0.25) is 0 Å². The van der Waals surface area contributed by atoms with Crippen molar-refractivity contribution < 1.29 is 48.7 Å². The normalized spacial score (nSPS) is 39.7. The van der Waals surface area contributed by atoms with Crippen molar-refractivity contribution in [3.8, 4) is 0 Å². The van der Waals surface area contributed by atoms with Gasteiger partial charge in [0, 0.05) is 30.7 Å². The van der Waals surface area contributed by atoms with Gasteiger partial charge in [-0.2, -0.15) is 5.10 Å². The van der Waals surface area contributed by atoms with Gasteiger partial charge in [-0.25, -0.2) is 5.43 Å². The zero-order chi connectivity index (χ0) is 38.4. The van der Waals surface area contributed by atoms with Gasteiger partial charge in [0.25, 0.3) is 0 Å². The van der Waals surface area contributed by atoms with Crippen LogP contribution >= 0.6 is 0 Å². The highest BCUT2D eigenvalue weighted by Gasteiger charge is 2.51. The first kappa shape index (κ1) is 42.6. The van der Waals surface area contributed by atoms with E-state index in [2.05, 4.69) is 10.5 Å². The molecule has 13 nitrogen and oxygen atoms in total. The number of aliphatic hydroxyl groups is 3. The second-order valence-electron chi connectivity index (χ2n) is 15.2. The number of hydrogen-bond donors (Lipinski definition) is 4. The first-order chi connectivity index (χ1) is 23.8. The fourth-order valence-corrected chi connectivity index (χ4v) is 7.60. The molecule has 13 heteroatoms. The van der Waals surface area contributed by atoms with Gasteiger partial charge in [0.15, 0.2) is 12.1 Å². The second kappa shape index (κ2) is 17.8. The highest BCUT2D eigenvalue weighted by Crippen LogP contribution is 2.38. The van der Waals surface area contributed by atoms with Gasteiger partial charge in [-0.05, 0) is 72.5 Å². The molecule has 2 fully saturated rings. The Kier molecular flexibility index (Phi) is 14.9. The molecular formula is C38H61N3O10. The lowest BCUT2D eigenvalue weighted by molar-refractivity contribution is -0.295. The molecule has 1 aromatic rings. The van der Waals surface area contributed by atoms with E-state index >= 15 is 0 Å². The molecule has 0 bridgehead atoms. The number of benzene rings is 1. The van der Waals surface area contributed by atoms with Gasteiger partial charge in [-0.1, -0.05) is 58.0 Å². The lowest BCUT2D eigenvalue weighted by Gasteiger charge is -2.47. The van der Waals surface area contributed by atoms with E-state index in [1.165, 1.54) is 21.0 Å². The topological polar surface area (TPSA) is 176 Å². The number of hydrazone groups is 1. The molecule has 4 N–H and O–H groups in total. The minimum atomic E-state index is -1.96. The summed E-state index contributed by atoms with van der Waals surface area (Å²) in [4.78, 5) is 42.6. The third-order valence-electron chi connectivity index (χ3n) is 10.9. The number of cyclic esters (lactones) is 1. The summed E-state index contributed by atoms with van der Waals surface area (Å²) in [7, 11) is 5.21. The zero-order valence-corrected chi connectivity index (χ0v) is 32.2. The number of hydrogen-bond acceptors (Lipinski definition) is 12. The summed E-state index contributed by atoms with van der Waals surface area (Å²) < 4.78 is 24.6. The highest BCUT2D eigenvalue weighted by molar-refractivity contribution is 6.00. The SMILES string of the molecule is CC[C@H]1OC(=O)[C@H](C)C(=O)[C@H](C)[C@@H](OC2OC(C)CC(N(C)C)C2O)[C@](C)(OC)C[C@@H](C)/C(=N\NC(=O)Cc2ccccc2)[C@H](C)[C@@H](O)[C@]1(C)O. The maximum absolute atomic E-state index is 14.1. The molecule has 2 aliphatic rings. The summed E-state index contributed by atoms with van der Waals surface area (Å²) in [5.41, 5.74) is 0.533. The molecule has 2 heterocycles. The Labute approximate surface area is 303 Å². The number of nitrogens with zero attached hydrogens (tertiary/aromatic N) is 2. The second-order valence-corrected chi connectivity index (χ2v) is 15.2. The van der Waals surface area contributed by atoms with Gasteiger partial charge in [0.05, 0.1) is 30.3 Å². The van der Waals surface area contributed by atoms with Crippen LogP contribution in [0.1, 0.15) is 80.2 Å². The van der Waals surface area contributed by atoms with E-state index in [-0.39, 0.29) is 37.3 Å². The van der Waals surface area contributed by atoms with Crippen LogP contribution in [0.15, 0.2) is 35.4 Å². The molecular weight excluding hydrogens is 658 g/mol. The molecule has 0 aliphatic carbocycles. The molecule has 0 spiro atoms. The number of carbonyl (C=O) groups excluding carboxylic acids is 3. The van der Waals surface area contributed by atoms with Gasteiger partial charge in [0.1, 0.15) is 23.7 Å². The minimum absolute atomic E-state index is 0.0636. The van der Waals surface area contributed by atoms with Gasteiger partial charge in [-0.3, -0.25) is 14.4 Å². The van der Waals surface area contributed by atoms with Crippen LogP contribution in [-0.2, 0) is 39.8 Å². The van der Waals surface area contributed by atoms with Crippen LogP contribution in [0.3, 0.4) is 0 Å². The molecule has 13 atom stereocenters. The van der Waals surface area contributed by atoms with Crippen molar-refractivity contribution in [2.75, 3.05) is 21.2 Å². The molecule has 2 saturated heterocycles. The number of rotatable bonds is 8. The molecule has 2 aliphatic heterocycles. The van der Waals surface area contributed by atoms with E-state index in [1.807, 2.05) is 63.2 Å². The standard InChI is InChI=1S/C38H61N3O10/c1-12-28-38(8,47)33(45)23(4)30(40-39-29(42)19-26-16-14-13-15-17-26)21(2)20-37(7,48-11)34(24(5)31(43)25(6)35(46)50-28)51-36-32(44)27(41(9)10)18-22(3)49-36/h13-17,21-25,27-28,32-34,36,44-45,47H,12,18-20H2,1-11H3,(H,39,42)/b40-30+/t21-,22?,23+,24+,25-,27?,28-,32?,33-,34-,36?,37-,38-/m1/s1. The number of carbonyl (C=O) groups is 3. The number of esters is 1. The largest absolute Gasteiger partial charge is 0.459 e. The van der Waals surface area contributed by atoms with E-state index in [0.29, 0.717) is 12.1 Å². The Morgan fingerprint density at radius 3 is 2.25 bits per heavy atom. The van der Waals surface area contributed by atoms with E-state index < -0.39 is 77.3 Å². The quantitative estimate of drug-likeness (QED) is 0.177. The van der Waals surface area contributed by atoms with Crippen molar-refractivity contribution in [2.24, 2.45) is 28.8 Å². The van der Waals surface area contributed by atoms with Crippen molar-refractivity contribution in [1.29, 1.82) is 0 Å². The molecule has 51 heavy (non-hydrogen) atoms. The van der Waals surface area contributed by atoms with Crippen LogP contribution in [0.5, 0.6) is 0 Å². The summed E-state index contributed by atoms with van der Waals surface area (Å²) in [6.07, 6.45) is -5.27. The van der Waals surface area contributed by atoms with Crippen molar-refractivity contribution in [1.82, 2.24) is 10.3 Å². The summed E-state index contributed by atoms with van der Waals surface area (Å²) >= 11 is 0. The van der Waals surface area contributed by atoms with E-state index in [9.17, 15) is 29.7 Å². The number of ether oxygens (including phenoxy) is 4. The predicted octanol–water partition coefficient (Wildman–Crippen LogP) is 2.87. The Hall–Kier alpha value is -2.78. The molecule has 288 valence electrons. The Bertz CT molecular complexity index is 1360. The van der Waals surface area contributed by atoms with E-state index in [4.69, 9.17) is 18.9 Å². The van der Waals surface area contributed by atoms with E-state index in [1.54, 1.807) is 27.7 Å². The number of Topliss-reactive ketones (excluding diaryl/α,β-unsaturated/α-hetero) is 1. The maximum Gasteiger partial charge on any atom is 0.316 e. The third kappa shape index (κ3) is 10.0. The van der Waals surface area contributed by atoms with Crippen LogP contribution in [0.25, 0.3) is 0 Å². The predicted molar refractivity (Wildman–Crippen MR) is 192 cm³/mol. The molecule has 1 aromatic carbocycles. The zero-order valence-electron chi connectivity index (χ0n) is 32.2. The molecule has 3 rings (SSSR count). The van der Waals surface area contributed by atoms with Crippen molar-refractivity contribution >= 4 is 23.4 Å². The average Bonchev–Trinajstić information content (AvgIpc) is 3.08. The number of nitrogens with one attached hydrogen (secondary N) is 1. The third-order valence-corrected chi connectivity index (χ3v) is 10.9. The summed E-state index contributed by atoms with van der Waals surface area (Å²) in [5, 5.41) is 39.4. The minimum Gasteiger partial charge on any atom is -0.459 e. The van der Waals surface area contributed by atoms with Gasteiger partial charge in [0.2, 0.25) is 5.91 Å². The van der Waals surface area contributed by atoms with Crippen LogP contribution < -0.4 is 5.43 Å². The fourth-order valence-electron chi connectivity index (χ4n) is 7.60. The first-order valence-corrected chi connectivity index (χ1v) is 18.0. The Morgan fingerprint density at radius 2 is 1.69 bits per heavy atom. The van der Waals surface area contributed by atoms with Crippen molar-refractivity contribution in [3.05, 3.63) is 35.9 Å². The highest BCUT2D eigenvalue weighted by atomic mass is 16.7.